The lowest BCUT2D eigenvalue weighted by atomic mass is 10.1. The van der Waals surface area contributed by atoms with Crippen LogP contribution >= 0.6 is 34.8 Å². The van der Waals surface area contributed by atoms with Crippen molar-refractivity contribution in [3.63, 3.8) is 0 Å². The number of ether oxygens (including phenoxy) is 1. The third-order valence-electron chi connectivity index (χ3n) is 5.58. The summed E-state index contributed by atoms with van der Waals surface area (Å²) in [5, 5.41) is 4.05. The molecule has 2 aromatic rings. The van der Waals surface area contributed by atoms with E-state index in [1.165, 1.54) is 11.0 Å². The molecule has 0 unspecified atom stereocenters. The molecule has 0 radical (unpaired) electrons. The minimum Gasteiger partial charge on any atom is -0.483 e. The van der Waals surface area contributed by atoms with Gasteiger partial charge in [0.2, 0.25) is 0 Å². The fourth-order valence-electron chi connectivity index (χ4n) is 3.48. The molecule has 0 aliphatic carbocycles. The lowest BCUT2D eigenvalue weighted by Crippen LogP contribution is -2.50. The van der Waals surface area contributed by atoms with Crippen molar-refractivity contribution in [1.29, 1.82) is 0 Å². The minimum absolute atomic E-state index is 0.0838. The molecule has 8 nitrogen and oxygen atoms in total. The second kappa shape index (κ2) is 12.4. The summed E-state index contributed by atoms with van der Waals surface area (Å²) in [4.78, 5) is 42.6. The molecule has 0 spiro atoms. The van der Waals surface area contributed by atoms with Gasteiger partial charge in [0.15, 0.2) is 6.61 Å². The van der Waals surface area contributed by atoms with Crippen molar-refractivity contribution in [3.8, 4) is 5.75 Å². The number of carbonyl (C=O) groups is 3. The quantitative estimate of drug-likeness (QED) is 0.555. The van der Waals surface area contributed by atoms with Crippen molar-refractivity contribution >= 4 is 52.5 Å². The molecule has 0 aromatic heterocycles. The fraction of sp³-hybridized carbons (Fsp3) is 0.375. The fourth-order valence-corrected chi connectivity index (χ4v) is 3.94. The molecule has 0 bridgehead atoms. The molecule has 3 amide bonds. The first-order chi connectivity index (χ1) is 16.7. The molecule has 1 aliphatic heterocycles. The summed E-state index contributed by atoms with van der Waals surface area (Å²) in [6.45, 7) is 3.36. The van der Waals surface area contributed by atoms with Crippen LogP contribution in [-0.4, -0.2) is 92.4 Å². The van der Waals surface area contributed by atoms with E-state index in [1.54, 1.807) is 49.3 Å². The molecule has 0 atom stereocenters. The van der Waals surface area contributed by atoms with Gasteiger partial charge in [0.1, 0.15) is 5.75 Å². The molecular weight excluding hydrogens is 515 g/mol. The molecular formula is C24H27Cl3N4O4. The van der Waals surface area contributed by atoms with E-state index in [-0.39, 0.29) is 30.1 Å². The van der Waals surface area contributed by atoms with Gasteiger partial charge in [0, 0.05) is 63.9 Å². The Morgan fingerprint density at radius 3 is 2.34 bits per heavy atom. The maximum absolute atomic E-state index is 12.7. The highest BCUT2D eigenvalue weighted by molar-refractivity contribution is 6.42. The zero-order chi connectivity index (χ0) is 25.5. The average molecular weight is 542 g/mol. The monoisotopic (exact) mass is 540 g/mol. The number of nitrogens with one attached hydrogen (secondary N) is 1. The van der Waals surface area contributed by atoms with E-state index in [0.29, 0.717) is 65.5 Å². The van der Waals surface area contributed by atoms with Crippen molar-refractivity contribution in [2.75, 3.05) is 60.0 Å². The third kappa shape index (κ3) is 7.48. The first kappa shape index (κ1) is 27.1. The molecule has 0 saturated carbocycles. The van der Waals surface area contributed by atoms with E-state index < -0.39 is 0 Å². The highest BCUT2D eigenvalue weighted by atomic mass is 35.5. The lowest BCUT2D eigenvalue weighted by molar-refractivity contribution is -0.130. The van der Waals surface area contributed by atoms with Gasteiger partial charge in [-0.2, -0.15) is 0 Å². The summed E-state index contributed by atoms with van der Waals surface area (Å²) in [6.07, 6.45) is 0. The lowest BCUT2D eigenvalue weighted by Gasteiger charge is -2.34. The Labute approximate surface area is 219 Å². The second-order valence-corrected chi connectivity index (χ2v) is 9.49. The highest BCUT2D eigenvalue weighted by Gasteiger charge is 2.23. The number of piperazine rings is 1. The standard InChI is InChI=1S/C24H27Cl3N4O4/c1-29(2)22(32)15-35-21-14-17(25)4-5-18(21)23(33)28-7-8-30-9-11-31(12-10-30)24(34)16-3-6-19(26)20(27)13-16/h3-6,13-14H,7-12,15H2,1-2H3,(H,28,33). The Kier molecular flexibility index (Phi) is 9.63. The summed E-state index contributed by atoms with van der Waals surface area (Å²) in [6, 6.07) is 9.56. The second-order valence-electron chi connectivity index (χ2n) is 8.24. The number of likely N-dealkylation sites (N-methyl/N-ethyl adjacent to an activating group) is 1. The Balaban J connectivity index is 1.47. The van der Waals surface area contributed by atoms with E-state index in [1.807, 2.05) is 0 Å². The van der Waals surface area contributed by atoms with Crippen LogP contribution in [0.4, 0.5) is 0 Å². The van der Waals surface area contributed by atoms with Crippen LogP contribution in [0.15, 0.2) is 36.4 Å². The van der Waals surface area contributed by atoms with E-state index in [4.69, 9.17) is 39.5 Å². The Bertz CT molecular complexity index is 1090. The van der Waals surface area contributed by atoms with Crippen LogP contribution in [0.3, 0.4) is 0 Å². The van der Waals surface area contributed by atoms with Crippen LogP contribution in [0.25, 0.3) is 0 Å². The SMILES string of the molecule is CN(C)C(=O)COc1cc(Cl)ccc1C(=O)NCCN1CCN(C(=O)c2ccc(Cl)c(Cl)c2)CC1. The Morgan fingerprint density at radius 2 is 1.69 bits per heavy atom. The van der Waals surface area contributed by atoms with Crippen LogP contribution in [0.5, 0.6) is 5.75 Å². The molecule has 11 heteroatoms. The number of rotatable bonds is 8. The maximum atomic E-state index is 12.7. The number of carbonyl (C=O) groups excluding carboxylic acids is 3. The molecule has 1 N–H and O–H groups in total. The first-order valence-corrected chi connectivity index (χ1v) is 12.2. The predicted molar refractivity (Wildman–Crippen MR) is 137 cm³/mol. The van der Waals surface area contributed by atoms with Crippen molar-refractivity contribution in [1.82, 2.24) is 20.0 Å². The summed E-state index contributed by atoms with van der Waals surface area (Å²) < 4.78 is 5.54. The first-order valence-electron chi connectivity index (χ1n) is 11.0. The van der Waals surface area contributed by atoms with Crippen LogP contribution in [0, 0.1) is 0 Å². The zero-order valence-electron chi connectivity index (χ0n) is 19.5. The minimum atomic E-state index is -0.317. The number of benzene rings is 2. The number of halogens is 3. The van der Waals surface area contributed by atoms with Crippen molar-refractivity contribution in [2.45, 2.75) is 0 Å². The Hall–Kier alpha value is -2.52. The molecule has 3 rings (SSSR count). The van der Waals surface area contributed by atoms with Gasteiger partial charge in [0.25, 0.3) is 17.7 Å². The summed E-state index contributed by atoms with van der Waals surface area (Å²) in [5.41, 5.74) is 0.811. The molecule has 1 aliphatic rings. The maximum Gasteiger partial charge on any atom is 0.259 e. The normalized spacial score (nSPS) is 13.9. The van der Waals surface area contributed by atoms with Crippen LogP contribution in [0.1, 0.15) is 20.7 Å². The molecule has 1 heterocycles. The number of amides is 3. The smallest absolute Gasteiger partial charge is 0.259 e. The van der Waals surface area contributed by atoms with E-state index in [2.05, 4.69) is 10.2 Å². The van der Waals surface area contributed by atoms with Gasteiger partial charge in [-0.3, -0.25) is 19.3 Å². The van der Waals surface area contributed by atoms with Crippen LogP contribution < -0.4 is 10.1 Å². The Morgan fingerprint density at radius 1 is 0.971 bits per heavy atom. The topological polar surface area (TPSA) is 82.2 Å². The van der Waals surface area contributed by atoms with Crippen molar-refractivity contribution in [2.24, 2.45) is 0 Å². The van der Waals surface area contributed by atoms with Crippen molar-refractivity contribution < 1.29 is 19.1 Å². The van der Waals surface area contributed by atoms with Crippen LogP contribution in [0.2, 0.25) is 15.1 Å². The largest absolute Gasteiger partial charge is 0.483 e. The average Bonchev–Trinajstić information content (AvgIpc) is 2.84. The van der Waals surface area contributed by atoms with Gasteiger partial charge >= 0.3 is 0 Å². The molecule has 1 fully saturated rings. The van der Waals surface area contributed by atoms with E-state index in [9.17, 15) is 14.4 Å². The van der Waals surface area contributed by atoms with Crippen molar-refractivity contribution in [3.05, 3.63) is 62.6 Å². The van der Waals surface area contributed by atoms with Gasteiger partial charge in [0.05, 0.1) is 15.6 Å². The third-order valence-corrected chi connectivity index (χ3v) is 6.55. The molecule has 188 valence electrons. The summed E-state index contributed by atoms with van der Waals surface area (Å²) in [5.74, 6) is -0.380. The molecule has 2 aromatic carbocycles. The van der Waals surface area contributed by atoms with Gasteiger partial charge < -0.3 is 19.9 Å². The van der Waals surface area contributed by atoms with Gasteiger partial charge in [-0.1, -0.05) is 34.8 Å². The van der Waals surface area contributed by atoms with Crippen LogP contribution in [-0.2, 0) is 4.79 Å². The number of nitrogens with zero attached hydrogens (tertiary/aromatic N) is 3. The summed E-state index contributed by atoms with van der Waals surface area (Å²) >= 11 is 18.0. The van der Waals surface area contributed by atoms with Gasteiger partial charge in [-0.15, -0.1) is 0 Å². The molecule has 1 saturated heterocycles. The predicted octanol–water partition coefficient (Wildman–Crippen LogP) is 3.30. The summed E-state index contributed by atoms with van der Waals surface area (Å²) in [7, 11) is 3.25. The van der Waals surface area contributed by atoms with E-state index >= 15 is 0 Å². The van der Waals surface area contributed by atoms with Gasteiger partial charge in [-0.25, -0.2) is 0 Å². The zero-order valence-corrected chi connectivity index (χ0v) is 21.8. The highest BCUT2D eigenvalue weighted by Crippen LogP contribution is 2.24. The number of hydrogen-bond acceptors (Lipinski definition) is 5. The number of hydrogen-bond donors (Lipinski definition) is 1. The van der Waals surface area contributed by atoms with Gasteiger partial charge in [-0.05, 0) is 36.4 Å². The molecule has 35 heavy (non-hydrogen) atoms. The van der Waals surface area contributed by atoms with E-state index in [0.717, 1.165) is 0 Å².